The summed E-state index contributed by atoms with van der Waals surface area (Å²) in [7, 11) is 0. The summed E-state index contributed by atoms with van der Waals surface area (Å²) in [5, 5.41) is 17.8. The van der Waals surface area contributed by atoms with E-state index >= 15 is 0 Å². The van der Waals surface area contributed by atoms with E-state index in [1.807, 2.05) is 0 Å². The maximum absolute atomic E-state index is 10.8. The van der Waals surface area contributed by atoms with Crippen LogP contribution in [-0.2, 0) is 4.79 Å². The van der Waals surface area contributed by atoms with Crippen LogP contribution in [0.2, 0.25) is 0 Å². The van der Waals surface area contributed by atoms with Gasteiger partial charge >= 0.3 is 5.97 Å². The number of unbranched alkanes of at least 4 members (excludes halogenated alkanes) is 15. The fourth-order valence-corrected chi connectivity index (χ4v) is 3.23. The molecule has 0 saturated carbocycles. The molecule has 2 N–H and O–H groups in total. The van der Waals surface area contributed by atoms with Crippen LogP contribution in [0.1, 0.15) is 116 Å². The van der Waals surface area contributed by atoms with Gasteiger partial charge in [0.05, 0.1) is 12.5 Å². The maximum atomic E-state index is 10.8. The highest BCUT2D eigenvalue weighted by Gasteiger charge is 2.14. The lowest BCUT2D eigenvalue weighted by atomic mass is 10.0. The summed E-state index contributed by atoms with van der Waals surface area (Å²) in [4.78, 5) is 10.8. The minimum absolute atomic E-state index is 0.228. The van der Waals surface area contributed by atoms with Crippen molar-refractivity contribution in [1.82, 2.24) is 0 Å². The molecular weight excluding hydrogens is 300 g/mol. The van der Waals surface area contributed by atoms with Gasteiger partial charge in [-0.05, 0) is 6.42 Å². The zero-order valence-electron chi connectivity index (χ0n) is 16.1. The van der Waals surface area contributed by atoms with Gasteiger partial charge in [-0.1, -0.05) is 110 Å². The molecule has 0 aliphatic rings. The number of hydrogen-bond donors (Lipinski definition) is 2. The molecule has 0 aromatic carbocycles. The number of carboxylic acid groups (broad SMARTS) is 1. The molecule has 1 unspecified atom stereocenters. The van der Waals surface area contributed by atoms with Crippen LogP contribution in [0.25, 0.3) is 0 Å². The highest BCUT2D eigenvalue weighted by atomic mass is 16.4. The fraction of sp³-hybridized carbons (Fsp3) is 0.952. The molecular formula is C21H42O3. The van der Waals surface area contributed by atoms with Crippen LogP contribution < -0.4 is 0 Å². The third-order valence-electron chi connectivity index (χ3n) is 4.98. The Bertz CT molecular complexity index is 266. The van der Waals surface area contributed by atoms with E-state index in [1.54, 1.807) is 0 Å². The van der Waals surface area contributed by atoms with Crippen LogP contribution in [0.3, 0.4) is 0 Å². The van der Waals surface area contributed by atoms with Gasteiger partial charge in [0.15, 0.2) is 0 Å². The van der Waals surface area contributed by atoms with Crippen molar-refractivity contribution in [2.45, 2.75) is 116 Å². The lowest BCUT2D eigenvalue weighted by Crippen LogP contribution is -2.17. The Balaban J connectivity index is 3.11. The molecule has 3 heteroatoms. The van der Waals surface area contributed by atoms with Gasteiger partial charge in [0.1, 0.15) is 0 Å². The molecule has 144 valence electrons. The molecule has 1 atom stereocenters. The SMILES string of the molecule is CCCCCCCCCCCCCCCCCCC(CO)C(=O)O. The van der Waals surface area contributed by atoms with Crippen molar-refractivity contribution < 1.29 is 15.0 Å². The smallest absolute Gasteiger partial charge is 0.308 e. The van der Waals surface area contributed by atoms with Crippen LogP contribution in [0.5, 0.6) is 0 Å². The topological polar surface area (TPSA) is 57.5 Å². The van der Waals surface area contributed by atoms with Crippen molar-refractivity contribution in [3.05, 3.63) is 0 Å². The second kappa shape index (κ2) is 18.8. The van der Waals surface area contributed by atoms with E-state index in [9.17, 15) is 4.79 Å². The first-order valence-electron chi connectivity index (χ1n) is 10.6. The number of carboxylic acids is 1. The van der Waals surface area contributed by atoms with Crippen molar-refractivity contribution in [3.63, 3.8) is 0 Å². The van der Waals surface area contributed by atoms with Gasteiger partial charge in [-0.3, -0.25) is 4.79 Å². The van der Waals surface area contributed by atoms with E-state index in [2.05, 4.69) is 6.92 Å². The van der Waals surface area contributed by atoms with E-state index in [1.165, 1.54) is 89.9 Å². The van der Waals surface area contributed by atoms with E-state index in [4.69, 9.17) is 10.2 Å². The highest BCUT2D eigenvalue weighted by molar-refractivity contribution is 5.69. The van der Waals surface area contributed by atoms with Gasteiger partial charge < -0.3 is 10.2 Å². The average Bonchev–Trinajstić information content (AvgIpc) is 2.57. The maximum Gasteiger partial charge on any atom is 0.308 e. The number of carbonyl (C=O) groups is 1. The van der Waals surface area contributed by atoms with Crippen LogP contribution >= 0.6 is 0 Å². The third kappa shape index (κ3) is 16.3. The molecule has 0 heterocycles. The van der Waals surface area contributed by atoms with E-state index < -0.39 is 11.9 Å². The first kappa shape index (κ1) is 23.4. The largest absolute Gasteiger partial charge is 0.481 e. The van der Waals surface area contributed by atoms with E-state index in [0.29, 0.717) is 6.42 Å². The second-order valence-electron chi connectivity index (χ2n) is 7.31. The molecule has 24 heavy (non-hydrogen) atoms. The Morgan fingerprint density at radius 2 is 1.00 bits per heavy atom. The number of rotatable bonds is 19. The standard InChI is InChI=1S/C21H42O3/c1-2-3-4-5-6-7-8-9-10-11-12-13-14-15-16-17-18-20(19-22)21(23)24/h20,22H,2-19H2,1H3,(H,23,24). The van der Waals surface area contributed by atoms with Gasteiger partial charge in [0.25, 0.3) is 0 Å². The minimum Gasteiger partial charge on any atom is -0.481 e. The van der Waals surface area contributed by atoms with Crippen LogP contribution in [-0.4, -0.2) is 22.8 Å². The molecule has 0 fully saturated rings. The molecule has 0 aliphatic heterocycles. The number of aliphatic hydroxyl groups is 1. The minimum atomic E-state index is -0.863. The Morgan fingerprint density at radius 1 is 0.667 bits per heavy atom. The summed E-state index contributed by atoms with van der Waals surface area (Å²) in [5.74, 6) is -1.42. The molecule has 0 aromatic heterocycles. The Morgan fingerprint density at radius 3 is 1.29 bits per heavy atom. The first-order chi connectivity index (χ1) is 11.7. The molecule has 0 radical (unpaired) electrons. The summed E-state index contributed by atoms with van der Waals surface area (Å²) in [6.07, 6.45) is 21.8. The molecule has 0 spiro atoms. The first-order valence-corrected chi connectivity index (χ1v) is 10.6. The fourth-order valence-electron chi connectivity index (χ4n) is 3.23. The molecule has 0 saturated heterocycles. The predicted octanol–water partition coefficient (Wildman–Crippen LogP) is 6.33. The summed E-state index contributed by atoms with van der Waals surface area (Å²) in [5.41, 5.74) is 0. The van der Waals surface area contributed by atoms with Crippen molar-refractivity contribution in [3.8, 4) is 0 Å². The second-order valence-corrected chi connectivity index (χ2v) is 7.31. The predicted molar refractivity (Wildman–Crippen MR) is 102 cm³/mol. The molecule has 0 amide bonds. The Hall–Kier alpha value is -0.570. The Kier molecular flexibility index (Phi) is 18.3. The molecule has 3 nitrogen and oxygen atoms in total. The van der Waals surface area contributed by atoms with Gasteiger partial charge in [0, 0.05) is 0 Å². The van der Waals surface area contributed by atoms with E-state index in [0.717, 1.165) is 12.8 Å². The number of hydrogen-bond acceptors (Lipinski definition) is 2. The third-order valence-corrected chi connectivity index (χ3v) is 4.98. The van der Waals surface area contributed by atoms with Gasteiger partial charge in [-0.15, -0.1) is 0 Å². The molecule has 0 bridgehead atoms. The van der Waals surface area contributed by atoms with Gasteiger partial charge in [0.2, 0.25) is 0 Å². The summed E-state index contributed by atoms with van der Waals surface area (Å²) < 4.78 is 0. The summed E-state index contributed by atoms with van der Waals surface area (Å²) in [6, 6.07) is 0. The molecule has 0 rings (SSSR count). The van der Waals surface area contributed by atoms with Crippen LogP contribution in [0.4, 0.5) is 0 Å². The van der Waals surface area contributed by atoms with E-state index in [-0.39, 0.29) is 6.61 Å². The average molecular weight is 343 g/mol. The van der Waals surface area contributed by atoms with Crippen molar-refractivity contribution in [2.75, 3.05) is 6.61 Å². The lowest BCUT2D eigenvalue weighted by molar-refractivity contribution is -0.143. The summed E-state index contributed by atoms with van der Waals surface area (Å²) >= 11 is 0. The van der Waals surface area contributed by atoms with Crippen molar-refractivity contribution in [1.29, 1.82) is 0 Å². The monoisotopic (exact) mass is 342 g/mol. The zero-order chi connectivity index (χ0) is 17.9. The molecule has 0 aliphatic carbocycles. The zero-order valence-corrected chi connectivity index (χ0v) is 16.1. The van der Waals surface area contributed by atoms with Crippen LogP contribution in [0, 0.1) is 5.92 Å². The summed E-state index contributed by atoms with van der Waals surface area (Å²) in [6.45, 7) is 2.04. The number of aliphatic hydroxyl groups excluding tert-OH is 1. The molecule has 0 aromatic rings. The quantitative estimate of drug-likeness (QED) is 0.270. The van der Waals surface area contributed by atoms with Crippen molar-refractivity contribution in [2.24, 2.45) is 5.92 Å². The van der Waals surface area contributed by atoms with Crippen LogP contribution in [0.15, 0.2) is 0 Å². The lowest BCUT2D eigenvalue weighted by Gasteiger charge is -2.08. The van der Waals surface area contributed by atoms with Crippen molar-refractivity contribution >= 4 is 5.97 Å². The number of aliphatic carboxylic acids is 1. The highest BCUT2D eigenvalue weighted by Crippen LogP contribution is 2.15. The normalized spacial score (nSPS) is 12.4. The van der Waals surface area contributed by atoms with Gasteiger partial charge in [-0.2, -0.15) is 0 Å². The Labute approximate surface area is 150 Å². The van der Waals surface area contributed by atoms with Gasteiger partial charge in [-0.25, -0.2) is 0 Å².